The van der Waals surface area contributed by atoms with Crippen LogP contribution in [0.2, 0.25) is 0 Å². The quantitative estimate of drug-likeness (QED) is 0.158. The van der Waals surface area contributed by atoms with Gasteiger partial charge in [0.1, 0.15) is 42.7 Å². The Bertz CT molecular complexity index is 665. The van der Waals surface area contributed by atoms with E-state index in [9.17, 15) is 50.4 Å². The molecule has 15 nitrogen and oxygen atoms in total. The van der Waals surface area contributed by atoms with Gasteiger partial charge in [-0.1, -0.05) is 0 Å². The number of rotatable bonds is 8. The molecule has 0 saturated carbocycles. The van der Waals surface area contributed by atoms with Crippen LogP contribution in [0.4, 0.5) is 0 Å². The molecular formula is C17H29NO14. The molecule has 0 unspecified atom stereocenters. The molecule has 32 heavy (non-hydrogen) atoms. The van der Waals surface area contributed by atoms with E-state index in [-0.39, 0.29) is 0 Å². The highest BCUT2D eigenvalue weighted by Crippen LogP contribution is 2.34. The molecule has 0 aromatic heterocycles. The minimum atomic E-state index is -2.69. The Labute approximate surface area is 181 Å². The van der Waals surface area contributed by atoms with Crippen LogP contribution in [-0.4, -0.2) is 138 Å². The first-order valence-electron chi connectivity index (χ1n) is 9.69. The average molecular weight is 471 g/mol. The van der Waals surface area contributed by atoms with Gasteiger partial charge in [-0.25, -0.2) is 4.79 Å². The van der Waals surface area contributed by atoms with Gasteiger partial charge in [0.05, 0.1) is 25.4 Å². The van der Waals surface area contributed by atoms with E-state index in [1.54, 1.807) is 0 Å². The number of nitrogens with one attached hydrogen (secondary N) is 1. The van der Waals surface area contributed by atoms with E-state index in [1.165, 1.54) is 0 Å². The molecule has 10 N–H and O–H groups in total. The number of hydrogen-bond donors (Lipinski definition) is 10. The Morgan fingerprint density at radius 2 is 1.75 bits per heavy atom. The monoisotopic (exact) mass is 471 g/mol. The van der Waals surface area contributed by atoms with Gasteiger partial charge >= 0.3 is 5.97 Å². The summed E-state index contributed by atoms with van der Waals surface area (Å²) >= 11 is 0. The molecule has 0 spiro atoms. The maximum atomic E-state index is 12.0. The minimum absolute atomic E-state index is 0.669. The molecule has 11 atom stereocenters. The van der Waals surface area contributed by atoms with Gasteiger partial charge in [-0.2, -0.15) is 0 Å². The second-order valence-corrected chi connectivity index (χ2v) is 7.73. The Morgan fingerprint density at radius 3 is 2.28 bits per heavy atom. The predicted octanol–water partition coefficient (Wildman–Crippen LogP) is -6.05. The van der Waals surface area contributed by atoms with Crippen molar-refractivity contribution in [1.29, 1.82) is 0 Å². The largest absolute Gasteiger partial charge is 0.477 e. The van der Waals surface area contributed by atoms with Crippen molar-refractivity contribution in [3.8, 4) is 0 Å². The Hall–Kier alpha value is -1.50. The van der Waals surface area contributed by atoms with E-state index in [0.717, 1.165) is 6.92 Å². The van der Waals surface area contributed by atoms with Gasteiger partial charge in [-0.15, -0.1) is 0 Å². The van der Waals surface area contributed by atoms with Crippen molar-refractivity contribution in [3.05, 3.63) is 0 Å². The van der Waals surface area contributed by atoms with Gasteiger partial charge in [0.2, 0.25) is 5.91 Å². The highest BCUT2D eigenvalue weighted by atomic mass is 16.7. The molecule has 15 heteroatoms. The third-order valence-corrected chi connectivity index (χ3v) is 5.35. The molecule has 0 aromatic rings. The Kier molecular flexibility index (Phi) is 8.88. The molecule has 2 aliphatic rings. The lowest BCUT2D eigenvalue weighted by molar-refractivity contribution is -0.334. The lowest BCUT2D eigenvalue weighted by Crippen LogP contribution is -2.68. The summed E-state index contributed by atoms with van der Waals surface area (Å²) in [5.41, 5.74) is 0. The van der Waals surface area contributed by atoms with Gasteiger partial charge in [0.25, 0.3) is 5.79 Å². The van der Waals surface area contributed by atoms with E-state index < -0.39 is 98.5 Å². The van der Waals surface area contributed by atoms with Crippen LogP contribution in [-0.2, 0) is 23.8 Å². The van der Waals surface area contributed by atoms with Crippen LogP contribution < -0.4 is 5.32 Å². The number of carbonyl (C=O) groups is 2. The summed E-state index contributed by atoms with van der Waals surface area (Å²) in [5, 5.41) is 90.6. The summed E-state index contributed by atoms with van der Waals surface area (Å²) in [7, 11) is 0. The normalized spacial score (nSPS) is 42.2. The predicted molar refractivity (Wildman–Crippen MR) is 97.4 cm³/mol. The fourth-order valence-electron chi connectivity index (χ4n) is 3.56. The number of carboxylic acids is 1. The van der Waals surface area contributed by atoms with E-state index in [4.69, 9.17) is 19.3 Å². The SMILES string of the molecule is CC(=O)N[C@H]1[C@H]([C@H](O)[C@@H](O)CO)O[C@](OC[C@@H]2O[C@H](O)[C@@H](O)[C@H](O)[C@H]2O)(C(=O)O)C[C@@H]1O. The highest BCUT2D eigenvalue weighted by molar-refractivity contribution is 5.76. The molecule has 0 bridgehead atoms. The molecule has 2 rings (SSSR count). The summed E-state index contributed by atoms with van der Waals surface area (Å²) in [6.45, 7) is -0.691. The number of ether oxygens (including phenoxy) is 3. The summed E-state index contributed by atoms with van der Waals surface area (Å²) in [6, 6.07) is -1.39. The molecule has 2 fully saturated rings. The molecule has 0 aliphatic carbocycles. The second-order valence-electron chi connectivity index (χ2n) is 7.73. The molecule has 2 saturated heterocycles. The van der Waals surface area contributed by atoms with Crippen LogP contribution in [0, 0.1) is 0 Å². The van der Waals surface area contributed by atoms with Crippen LogP contribution in [0.1, 0.15) is 13.3 Å². The molecule has 186 valence electrons. The second kappa shape index (κ2) is 10.6. The van der Waals surface area contributed by atoms with Crippen LogP contribution in [0.5, 0.6) is 0 Å². The topological polar surface area (TPSA) is 256 Å². The van der Waals surface area contributed by atoms with Crippen molar-refractivity contribution in [2.45, 2.75) is 80.3 Å². The first-order valence-corrected chi connectivity index (χ1v) is 9.69. The Morgan fingerprint density at radius 1 is 1.12 bits per heavy atom. The number of aliphatic carboxylic acids is 1. The van der Waals surface area contributed by atoms with E-state index in [1.807, 2.05) is 0 Å². The van der Waals surface area contributed by atoms with Gasteiger partial charge in [0.15, 0.2) is 6.29 Å². The first-order chi connectivity index (χ1) is 14.8. The molecule has 0 radical (unpaired) electrons. The van der Waals surface area contributed by atoms with E-state index in [2.05, 4.69) is 5.32 Å². The van der Waals surface area contributed by atoms with Crippen molar-refractivity contribution in [2.75, 3.05) is 13.2 Å². The zero-order valence-electron chi connectivity index (χ0n) is 17.0. The third-order valence-electron chi connectivity index (χ3n) is 5.35. The average Bonchev–Trinajstić information content (AvgIpc) is 2.73. The van der Waals surface area contributed by atoms with Crippen molar-refractivity contribution in [1.82, 2.24) is 5.32 Å². The van der Waals surface area contributed by atoms with Crippen molar-refractivity contribution in [2.24, 2.45) is 0 Å². The highest BCUT2D eigenvalue weighted by Gasteiger charge is 2.56. The van der Waals surface area contributed by atoms with Crippen molar-refractivity contribution >= 4 is 11.9 Å². The lowest BCUT2D eigenvalue weighted by Gasteiger charge is -2.47. The number of hydrogen-bond acceptors (Lipinski definition) is 13. The fourth-order valence-corrected chi connectivity index (χ4v) is 3.56. The Balaban J connectivity index is 2.27. The number of amides is 1. The zero-order valence-corrected chi connectivity index (χ0v) is 17.0. The van der Waals surface area contributed by atoms with Gasteiger partial charge in [-0.3, -0.25) is 4.79 Å². The van der Waals surface area contributed by atoms with Gasteiger partial charge < -0.3 is 65.5 Å². The number of carbonyl (C=O) groups excluding carboxylic acids is 1. The molecule has 0 aromatic carbocycles. The maximum absolute atomic E-state index is 12.0. The van der Waals surface area contributed by atoms with Gasteiger partial charge in [-0.05, 0) is 0 Å². The van der Waals surface area contributed by atoms with Crippen molar-refractivity contribution in [3.63, 3.8) is 0 Å². The van der Waals surface area contributed by atoms with Crippen LogP contribution >= 0.6 is 0 Å². The summed E-state index contributed by atoms with van der Waals surface area (Å²) in [4.78, 5) is 23.5. The summed E-state index contributed by atoms with van der Waals surface area (Å²) < 4.78 is 15.5. The van der Waals surface area contributed by atoms with Crippen molar-refractivity contribution < 1.29 is 69.8 Å². The molecule has 2 heterocycles. The third kappa shape index (κ3) is 5.52. The van der Waals surface area contributed by atoms with Crippen LogP contribution in [0.15, 0.2) is 0 Å². The first kappa shape index (κ1) is 26.7. The molecular weight excluding hydrogens is 442 g/mol. The van der Waals surface area contributed by atoms with Gasteiger partial charge in [0, 0.05) is 13.3 Å². The maximum Gasteiger partial charge on any atom is 0.364 e. The standard InChI is InChI=1S/C17H29NO14/c1-5(20)18-9-6(21)2-17(16(28)29,32-14(9)10(23)7(22)3-19)30-4-8-11(24)12(25)13(26)15(27)31-8/h6-15,19,21-27H,2-4H2,1H3,(H,18,20)(H,28,29)/t6-,7-,8-,9+,10+,11-,12+,13-,14+,15-,17-/m0/s1. The van der Waals surface area contributed by atoms with Crippen LogP contribution in [0.25, 0.3) is 0 Å². The summed E-state index contributed by atoms with van der Waals surface area (Å²) in [6.07, 6.45) is -16.9. The number of aliphatic hydroxyl groups excluding tert-OH is 8. The number of aliphatic hydroxyl groups is 8. The lowest BCUT2D eigenvalue weighted by atomic mass is 9.88. The number of carboxylic acid groups (broad SMARTS) is 1. The van der Waals surface area contributed by atoms with E-state index in [0.29, 0.717) is 0 Å². The summed E-state index contributed by atoms with van der Waals surface area (Å²) in [5.74, 6) is -5.15. The smallest absolute Gasteiger partial charge is 0.364 e. The van der Waals surface area contributed by atoms with E-state index >= 15 is 0 Å². The molecule has 2 aliphatic heterocycles. The van der Waals surface area contributed by atoms with Crippen LogP contribution in [0.3, 0.4) is 0 Å². The minimum Gasteiger partial charge on any atom is -0.477 e. The molecule has 1 amide bonds. The zero-order chi connectivity index (χ0) is 24.4. The fraction of sp³-hybridized carbons (Fsp3) is 0.882.